The Kier molecular flexibility index (Phi) is 2.94. The van der Waals surface area contributed by atoms with Crippen LogP contribution in [0.3, 0.4) is 0 Å². The predicted octanol–water partition coefficient (Wildman–Crippen LogP) is 3.05. The number of carbonyl (C=O) groups is 1. The van der Waals surface area contributed by atoms with Crippen molar-refractivity contribution in [2.75, 3.05) is 26.2 Å². The molecule has 0 aromatic heterocycles. The van der Waals surface area contributed by atoms with Crippen LogP contribution < -0.4 is 0 Å². The third-order valence-corrected chi connectivity index (χ3v) is 7.11. The molecule has 6 rings (SSSR count). The van der Waals surface area contributed by atoms with Crippen molar-refractivity contribution in [3.05, 3.63) is 34.9 Å². The number of carbonyl (C=O) groups excluding carboxylic acids is 1. The molecule has 3 saturated heterocycles. The van der Waals surface area contributed by atoms with Gasteiger partial charge in [0, 0.05) is 24.6 Å². The summed E-state index contributed by atoms with van der Waals surface area (Å²) in [6.07, 6.45) is 6.20. The van der Waals surface area contributed by atoms with Gasteiger partial charge in [-0.3, -0.25) is 4.79 Å². The molecular weight excluding hydrogens is 284 g/mol. The molecule has 2 atom stereocenters. The molecule has 1 amide bonds. The number of benzene rings is 1. The van der Waals surface area contributed by atoms with E-state index in [4.69, 9.17) is 0 Å². The number of amides is 1. The third-order valence-electron chi connectivity index (χ3n) is 7.11. The SMILES string of the molecule is CC1(N2CC3CCCc4cccc(c43)C2=O)CN2CCC1CC2. The van der Waals surface area contributed by atoms with Gasteiger partial charge in [-0.05, 0) is 75.2 Å². The van der Waals surface area contributed by atoms with Crippen LogP contribution in [0.25, 0.3) is 0 Å². The van der Waals surface area contributed by atoms with Gasteiger partial charge in [0.25, 0.3) is 5.91 Å². The fourth-order valence-electron chi connectivity index (χ4n) is 5.86. The number of piperidine rings is 3. The van der Waals surface area contributed by atoms with Gasteiger partial charge >= 0.3 is 0 Å². The molecule has 122 valence electrons. The molecule has 1 aromatic rings. The first-order chi connectivity index (χ1) is 11.2. The minimum atomic E-state index is 0.0404. The maximum absolute atomic E-state index is 13.3. The van der Waals surface area contributed by atoms with E-state index in [2.05, 4.69) is 34.9 Å². The van der Waals surface area contributed by atoms with E-state index >= 15 is 0 Å². The van der Waals surface area contributed by atoms with Crippen molar-refractivity contribution < 1.29 is 4.79 Å². The van der Waals surface area contributed by atoms with Crippen molar-refractivity contribution >= 4 is 5.91 Å². The van der Waals surface area contributed by atoms with Crippen LogP contribution in [0.4, 0.5) is 0 Å². The molecule has 1 aliphatic carbocycles. The van der Waals surface area contributed by atoms with Gasteiger partial charge in [-0.1, -0.05) is 12.1 Å². The van der Waals surface area contributed by atoms with Gasteiger partial charge in [-0.15, -0.1) is 0 Å². The number of hydrogen-bond donors (Lipinski definition) is 0. The van der Waals surface area contributed by atoms with Gasteiger partial charge in [0.15, 0.2) is 0 Å². The summed E-state index contributed by atoms with van der Waals surface area (Å²) in [6.45, 7) is 6.84. The normalized spacial score (nSPS) is 38.6. The van der Waals surface area contributed by atoms with Gasteiger partial charge in [0.2, 0.25) is 0 Å². The van der Waals surface area contributed by atoms with Crippen LogP contribution in [0.1, 0.15) is 60.0 Å². The molecule has 2 bridgehead atoms. The van der Waals surface area contributed by atoms with Crippen LogP contribution in [0, 0.1) is 5.92 Å². The van der Waals surface area contributed by atoms with E-state index in [0.29, 0.717) is 17.7 Å². The highest BCUT2D eigenvalue weighted by Gasteiger charge is 2.51. The smallest absolute Gasteiger partial charge is 0.254 e. The average molecular weight is 310 g/mol. The second-order valence-electron chi connectivity index (χ2n) is 8.29. The summed E-state index contributed by atoms with van der Waals surface area (Å²) in [5, 5.41) is 0. The topological polar surface area (TPSA) is 23.6 Å². The molecule has 3 fully saturated rings. The lowest BCUT2D eigenvalue weighted by atomic mass is 9.70. The van der Waals surface area contributed by atoms with Crippen LogP contribution >= 0.6 is 0 Å². The van der Waals surface area contributed by atoms with Gasteiger partial charge in [-0.2, -0.15) is 0 Å². The van der Waals surface area contributed by atoms with Crippen molar-refractivity contribution in [2.45, 2.75) is 50.5 Å². The maximum Gasteiger partial charge on any atom is 0.254 e. The Morgan fingerprint density at radius 1 is 1.17 bits per heavy atom. The van der Waals surface area contributed by atoms with E-state index in [1.807, 2.05) is 0 Å². The molecule has 0 spiro atoms. The Labute approximate surface area is 138 Å². The number of fused-ring (bicyclic) bond motifs is 3. The summed E-state index contributed by atoms with van der Waals surface area (Å²) in [4.78, 5) is 18.2. The molecule has 4 heterocycles. The zero-order valence-electron chi connectivity index (χ0n) is 14.1. The molecule has 2 unspecified atom stereocenters. The minimum absolute atomic E-state index is 0.0404. The van der Waals surface area contributed by atoms with Crippen LogP contribution in [0.2, 0.25) is 0 Å². The molecule has 5 aliphatic rings. The zero-order chi connectivity index (χ0) is 15.6. The van der Waals surface area contributed by atoms with E-state index in [-0.39, 0.29) is 5.54 Å². The average Bonchev–Trinajstić information content (AvgIpc) is 2.59. The summed E-state index contributed by atoms with van der Waals surface area (Å²) in [5.41, 5.74) is 3.88. The van der Waals surface area contributed by atoms with E-state index < -0.39 is 0 Å². The highest BCUT2D eigenvalue weighted by atomic mass is 16.2. The van der Waals surface area contributed by atoms with Crippen LogP contribution in [-0.4, -0.2) is 47.4 Å². The Bertz CT molecular complexity index is 662. The Morgan fingerprint density at radius 2 is 2.00 bits per heavy atom. The third kappa shape index (κ3) is 1.89. The van der Waals surface area contributed by atoms with Gasteiger partial charge in [0.05, 0.1) is 5.54 Å². The lowest BCUT2D eigenvalue weighted by molar-refractivity contribution is -0.0525. The predicted molar refractivity (Wildman–Crippen MR) is 90.7 cm³/mol. The summed E-state index contributed by atoms with van der Waals surface area (Å²) >= 11 is 0. The highest BCUT2D eigenvalue weighted by molar-refractivity contribution is 5.98. The highest BCUT2D eigenvalue weighted by Crippen LogP contribution is 2.45. The fraction of sp³-hybridized carbons (Fsp3) is 0.650. The quantitative estimate of drug-likeness (QED) is 0.796. The Hall–Kier alpha value is -1.35. The van der Waals surface area contributed by atoms with E-state index in [1.165, 1.54) is 49.9 Å². The fourth-order valence-corrected chi connectivity index (χ4v) is 5.86. The van der Waals surface area contributed by atoms with Crippen molar-refractivity contribution in [2.24, 2.45) is 5.92 Å². The first-order valence-electron chi connectivity index (χ1n) is 9.33. The minimum Gasteiger partial charge on any atom is -0.331 e. The number of hydrogen-bond acceptors (Lipinski definition) is 2. The van der Waals surface area contributed by atoms with Gasteiger partial charge < -0.3 is 9.80 Å². The van der Waals surface area contributed by atoms with Crippen molar-refractivity contribution in [1.29, 1.82) is 0 Å². The van der Waals surface area contributed by atoms with Crippen LogP contribution in [-0.2, 0) is 6.42 Å². The molecule has 4 aliphatic heterocycles. The zero-order valence-corrected chi connectivity index (χ0v) is 14.1. The van der Waals surface area contributed by atoms with E-state index in [1.54, 1.807) is 0 Å². The first-order valence-corrected chi connectivity index (χ1v) is 9.33. The Morgan fingerprint density at radius 3 is 2.74 bits per heavy atom. The molecule has 3 heteroatoms. The summed E-state index contributed by atoms with van der Waals surface area (Å²) in [6, 6.07) is 6.41. The molecule has 0 saturated carbocycles. The first kappa shape index (κ1) is 14.0. The summed E-state index contributed by atoms with van der Waals surface area (Å²) in [5.74, 6) is 1.56. The molecule has 0 radical (unpaired) electrons. The summed E-state index contributed by atoms with van der Waals surface area (Å²) in [7, 11) is 0. The Balaban J connectivity index is 1.57. The largest absolute Gasteiger partial charge is 0.331 e. The standard InChI is InChI=1S/C20H26N2O/c1-20(13-21-10-8-16(20)9-11-21)22-12-15-6-2-4-14-5-3-7-17(18(14)15)19(22)23/h3,5,7,15-16H,2,4,6,8-13H2,1H3. The lowest BCUT2D eigenvalue weighted by Crippen LogP contribution is -2.68. The molecule has 3 nitrogen and oxygen atoms in total. The number of nitrogens with zero attached hydrogens (tertiary/aromatic N) is 2. The molecule has 0 N–H and O–H groups in total. The van der Waals surface area contributed by atoms with Crippen molar-refractivity contribution in [3.8, 4) is 0 Å². The van der Waals surface area contributed by atoms with Gasteiger partial charge in [-0.25, -0.2) is 0 Å². The summed E-state index contributed by atoms with van der Waals surface area (Å²) < 4.78 is 0. The lowest BCUT2D eigenvalue weighted by Gasteiger charge is -2.58. The monoisotopic (exact) mass is 310 g/mol. The molecule has 23 heavy (non-hydrogen) atoms. The second-order valence-corrected chi connectivity index (χ2v) is 8.29. The molecular formula is C20H26N2O. The van der Waals surface area contributed by atoms with Crippen LogP contribution in [0.15, 0.2) is 18.2 Å². The van der Waals surface area contributed by atoms with Crippen molar-refractivity contribution in [1.82, 2.24) is 9.80 Å². The van der Waals surface area contributed by atoms with Gasteiger partial charge in [0.1, 0.15) is 0 Å². The maximum atomic E-state index is 13.3. The molecule has 1 aromatic carbocycles. The van der Waals surface area contributed by atoms with Crippen LogP contribution in [0.5, 0.6) is 0 Å². The number of rotatable bonds is 1. The van der Waals surface area contributed by atoms with E-state index in [0.717, 1.165) is 25.1 Å². The van der Waals surface area contributed by atoms with Crippen molar-refractivity contribution in [3.63, 3.8) is 0 Å². The number of aryl methyl sites for hydroxylation is 1. The second kappa shape index (κ2) is 4.83. The van der Waals surface area contributed by atoms with E-state index in [9.17, 15) is 4.79 Å².